The van der Waals surface area contributed by atoms with Gasteiger partial charge in [-0.15, -0.1) is 0 Å². The van der Waals surface area contributed by atoms with Gasteiger partial charge in [-0.25, -0.2) is 5.43 Å². The van der Waals surface area contributed by atoms with Crippen molar-refractivity contribution in [3.63, 3.8) is 0 Å². The fourth-order valence-electron chi connectivity index (χ4n) is 2.44. The van der Waals surface area contributed by atoms with Crippen LogP contribution in [-0.4, -0.2) is 38.9 Å². The van der Waals surface area contributed by atoms with Crippen molar-refractivity contribution >= 4 is 18.1 Å². The summed E-state index contributed by atoms with van der Waals surface area (Å²) in [5.74, 6) is 0.512. The Morgan fingerprint density at radius 3 is 2.28 bits per heavy atom. The van der Waals surface area contributed by atoms with Crippen LogP contribution in [0.4, 0.5) is 0 Å². The molecule has 1 amide bonds. The molecule has 0 radical (unpaired) electrons. The lowest BCUT2D eigenvalue weighted by Gasteiger charge is -2.13. The number of hydrogen-bond donors (Lipinski definition) is 1. The van der Waals surface area contributed by atoms with Crippen molar-refractivity contribution in [3.05, 3.63) is 47.0 Å². The predicted octanol–water partition coefficient (Wildman–Crippen LogP) is 2.78. The maximum atomic E-state index is 12.0. The fourth-order valence-corrected chi connectivity index (χ4v) is 2.44. The van der Waals surface area contributed by atoms with Gasteiger partial charge < -0.3 is 18.9 Å². The molecule has 8 heteroatoms. The number of ether oxygens (including phenoxy) is 4. The van der Waals surface area contributed by atoms with Crippen molar-refractivity contribution in [3.8, 4) is 23.0 Å². The zero-order valence-electron chi connectivity index (χ0n) is 17.1. The quantitative estimate of drug-likeness (QED) is 0.317. The van der Waals surface area contributed by atoms with Gasteiger partial charge in [-0.2, -0.15) is 5.10 Å². The van der Waals surface area contributed by atoms with Crippen LogP contribution in [0.2, 0.25) is 0 Å². The Morgan fingerprint density at radius 2 is 1.69 bits per heavy atom. The van der Waals surface area contributed by atoms with Gasteiger partial charge in [-0.05, 0) is 43.2 Å². The summed E-state index contributed by atoms with van der Waals surface area (Å²) in [4.78, 5) is 23.2. The third kappa shape index (κ3) is 6.24. The van der Waals surface area contributed by atoms with E-state index in [9.17, 15) is 9.59 Å². The largest absolute Gasteiger partial charge is 0.493 e. The van der Waals surface area contributed by atoms with Gasteiger partial charge >= 0.3 is 5.97 Å². The lowest BCUT2D eigenvalue weighted by molar-refractivity contribution is -0.132. The monoisotopic (exact) mass is 400 g/mol. The molecule has 2 aromatic carbocycles. The summed E-state index contributed by atoms with van der Waals surface area (Å²) in [6.45, 7) is 4.97. The minimum absolute atomic E-state index is 0.167. The molecule has 0 aliphatic heterocycles. The second-order valence-electron chi connectivity index (χ2n) is 6.20. The Kier molecular flexibility index (Phi) is 7.59. The summed E-state index contributed by atoms with van der Waals surface area (Å²) in [6.07, 6.45) is 1.42. The average Bonchev–Trinajstić information content (AvgIpc) is 2.68. The highest BCUT2D eigenvalue weighted by atomic mass is 16.6. The van der Waals surface area contributed by atoms with E-state index in [-0.39, 0.29) is 12.4 Å². The lowest BCUT2D eigenvalue weighted by atomic mass is 10.1. The first kappa shape index (κ1) is 21.7. The normalized spacial score (nSPS) is 10.5. The topological polar surface area (TPSA) is 95.5 Å². The van der Waals surface area contributed by atoms with E-state index >= 15 is 0 Å². The number of hydrogen-bond acceptors (Lipinski definition) is 7. The van der Waals surface area contributed by atoms with Gasteiger partial charge in [-0.1, -0.05) is 12.1 Å². The molecule has 0 saturated heterocycles. The van der Waals surface area contributed by atoms with Gasteiger partial charge in [0.1, 0.15) is 5.75 Å². The third-order valence-electron chi connectivity index (χ3n) is 3.83. The number of methoxy groups -OCH3 is 2. The molecule has 154 valence electrons. The molecule has 0 bridgehead atoms. The Balaban J connectivity index is 2.02. The number of amides is 1. The van der Waals surface area contributed by atoms with E-state index in [1.165, 1.54) is 27.4 Å². The number of esters is 1. The minimum Gasteiger partial charge on any atom is -0.493 e. The minimum atomic E-state index is -0.501. The number of aryl methyl sites for hydroxylation is 2. The number of nitrogens with zero attached hydrogens (tertiary/aromatic N) is 1. The number of hydrazone groups is 1. The molecular weight excluding hydrogens is 376 g/mol. The highest BCUT2D eigenvalue weighted by molar-refractivity contribution is 5.85. The van der Waals surface area contributed by atoms with Crippen LogP contribution in [-0.2, 0) is 9.59 Å². The van der Waals surface area contributed by atoms with Crippen LogP contribution >= 0.6 is 0 Å². The molecule has 0 aliphatic carbocycles. The van der Waals surface area contributed by atoms with Crippen LogP contribution in [0.3, 0.4) is 0 Å². The molecule has 0 atom stereocenters. The van der Waals surface area contributed by atoms with Crippen LogP contribution in [0.5, 0.6) is 23.0 Å². The molecule has 0 spiro atoms. The highest BCUT2D eigenvalue weighted by Gasteiger charge is 2.15. The first-order chi connectivity index (χ1) is 13.8. The number of nitrogens with one attached hydrogen (secondary N) is 1. The third-order valence-corrected chi connectivity index (χ3v) is 3.83. The summed E-state index contributed by atoms with van der Waals surface area (Å²) in [5.41, 5.74) is 4.96. The zero-order valence-corrected chi connectivity index (χ0v) is 17.1. The van der Waals surface area contributed by atoms with Gasteiger partial charge in [0.2, 0.25) is 5.75 Å². The zero-order chi connectivity index (χ0) is 21.4. The molecular formula is C21H24N2O6. The van der Waals surface area contributed by atoms with Gasteiger partial charge in [0, 0.05) is 12.5 Å². The van der Waals surface area contributed by atoms with Crippen molar-refractivity contribution in [1.82, 2.24) is 5.43 Å². The van der Waals surface area contributed by atoms with Gasteiger partial charge in [0.25, 0.3) is 5.91 Å². The van der Waals surface area contributed by atoms with Crippen molar-refractivity contribution in [2.75, 3.05) is 20.8 Å². The summed E-state index contributed by atoms with van der Waals surface area (Å²) in [6, 6.07) is 8.98. The number of carbonyl (C=O) groups is 2. The molecule has 2 aromatic rings. The van der Waals surface area contributed by atoms with Crippen LogP contribution in [0, 0.1) is 13.8 Å². The smallest absolute Gasteiger partial charge is 0.308 e. The summed E-state index contributed by atoms with van der Waals surface area (Å²) < 4.78 is 21.1. The predicted molar refractivity (Wildman–Crippen MR) is 108 cm³/mol. The SMILES string of the molecule is COc1cc(/C=N\NC(=O)COc2cc(C)ccc2C)cc(OC)c1OC(C)=O. The first-order valence-electron chi connectivity index (χ1n) is 8.80. The molecule has 0 aliphatic rings. The molecule has 1 N–H and O–H groups in total. The Hall–Kier alpha value is -3.55. The molecule has 29 heavy (non-hydrogen) atoms. The molecule has 0 fully saturated rings. The van der Waals surface area contributed by atoms with Crippen LogP contribution in [0.25, 0.3) is 0 Å². The van der Waals surface area contributed by atoms with Crippen molar-refractivity contribution < 1.29 is 28.5 Å². The molecule has 0 aromatic heterocycles. The average molecular weight is 400 g/mol. The number of benzene rings is 2. The fraction of sp³-hybridized carbons (Fsp3) is 0.286. The van der Waals surface area contributed by atoms with Gasteiger partial charge in [0.05, 0.1) is 20.4 Å². The first-order valence-corrected chi connectivity index (χ1v) is 8.80. The van der Waals surface area contributed by atoms with E-state index in [0.29, 0.717) is 22.8 Å². The van der Waals surface area contributed by atoms with Crippen LogP contribution in [0.1, 0.15) is 23.6 Å². The van der Waals surface area contributed by atoms with E-state index < -0.39 is 11.9 Å². The van der Waals surface area contributed by atoms with E-state index in [2.05, 4.69) is 10.5 Å². The molecule has 2 rings (SSSR count). The summed E-state index contributed by atoms with van der Waals surface area (Å²) in [5, 5.41) is 3.91. The molecule has 0 saturated carbocycles. The van der Waals surface area contributed by atoms with Gasteiger partial charge in [0.15, 0.2) is 18.1 Å². The Bertz CT molecular complexity index is 898. The maximum Gasteiger partial charge on any atom is 0.308 e. The second kappa shape index (κ2) is 10.1. The van der Waals surface area contributed by atoms with E-state index in [0.717, 1.165) is 11.1 Å². The van der Waals surface area contributed by atoms with Crippen molar-refractivity contribution in [2.24, 2.45) is 5.10 Å². The molecule has 0 heterocycles. The van der Waals surface area contributed by atoms with Crippen molar-refractivity contribution in [1.29, 1.82) is 0 Å². The van der Waals surface area contributed by atoms with E-state index in [1.54, 1.807) is 12.1 Å². The highest BCUT2D eigenvalue weighted by Crippen LogP contribution is 2.38. The molecule has 0 unspecified atom stereocenters. The summed E-state index contributed by atoms with van der Waals surface area (Å²) in [7, 11) is 2.88. The lowest BCUT2D eigenvalue weighted by Crippen LogP contribution is -2.24. The Labute approximate surface area is 169 Å². The number of carbonyl (C=O) groups excluding carboxylic acids is 2. The standard InChI is InChI=1S/C21H24N2O6/c1-13-6-7-14(2)17(8-13)28-12-20(25)23-22-11-16-9-18(26-4)21(29-15(3)24)19(10-16)27-5/h6-11H,12H2,1-5H3,(H,23,25)/b22-11-. The van der Waals surface area contributed by atoms with Crippen LogP contribution < -0.4 is 24.4 Å². The second-order valence-corrected chi connectivity index (χ2v) is 6.20. The van der Waals surface area contributed by atoms with Crippen molar-refractivity contribution in [2.45, 2.75) is 20.8 Å². The Morgan fingerprint density at radius 1 is 1.03 bits per heavy atom. The van der Waals surface area contributed by atoms with E-state index in [4.69, 9.17) is 18.9 Å². The number of rotatable bonds is 8. The molecule has 8 nitrogen and oxygen atoms in total. The van der Waals surface area contributed by atoms with E-state index in [1.807, 2.05) is 32.0 Å². The van der Waals surface area contributed by atoms with Crippen LogP contribution in [0.15, 0.2) is 35.4 Å². The maximum absolute atomic E-state index is 12.0. The summed E-state index contributed by atoms with van der Waals surface area (Å²) >= 11 is 0. The van der Waals surface area contributed by atoms with Gasteiger partial charge in [-0.3, -0.25) is 9.59 Å².